The Morgan fingerprint density at radius 2 is 0.771 bits per heavy atom. The van der Waals surface area contributed by atoms with Gasteiger partial charge in [-0.25, -0.2) is 4.79 Å². The van der Waals surface area contributed by atoms with Crippen LogP contribution in [0.3, 0.4) is 0 Å². The van der Waals surface area contributed by atoms with E-state index in [9.17, 15) is 9.90 Å². The molecule has 0 aliphatic carbocycles. The third kappa shape index (κ3) is 11.3. The van der Waals surface area contributed by atoms with Crippen LogP contribution in [0.5, 0.6) is 0 Å². The Kier molecular flexibility index (Phi) is 13.9. The van der Waals surface area contributed by atoms with Crippen molar-refractivity contribution in [2.24, 2.45) is 0 Å². The molecule has 0 spiro atoms. The molecule has 5 rings (SSSR count). The van der Waals surface area contributed by atoms with E-state index < -0.39 is 30.4 Å². The molecular formula is C41H42O7. The van der Waals surface area contributed by atoms with Crippen LogP contribution in [0.1, 0.15) is 27.8 Å². The van der Waals surface area contributed by atoms with E-state index in [1.807, 2.05) is 152 Å². The average Bonchev–Trinajstić information content (AvgIpc) is 3.14. The Labute approximate surface area is 282 Å². The maximum absolute atomic E-state index is 13.0. The van der Waals surface area contributed by atoms with Crippen molar-refractivity contribution < 1.29 is 33.6 Å². The molecule has 4 atom stereocenters. The molecular weight excluding hydrogens is 604 g/mol. The number of aliphatic carboxylic acids is 1. The maximum Gasteiger partial charge on any atom is 0.335 e. The molecule has 248 valence electrons. The number of carboxylic acids is 1. The van der Waals surface area contributed by atoms with Crippen LogP contribution in [-0.2, 0) is 61.5 Å². The molecule has 7 heteroatoms. The van der Waals surface area contributed by atoms with Crippen LogP contribution in [-0.4, -0.2) is 42.1 Å². The van der Waals surface area contributed by atoms with E-state index >= 15 is 0 Å². The maximum atomic E-state index is 13.0. The summed E-state index contributed by atoms with van der Waals surface area (Å²) in [5.74, 6) is -1.16. The van der Waals surface area contributed by atoms with Gasteiger partial charge in [0, 0.05) is 0 Å². The van der Waals surface area contributed by atoms with Crippen LogP contribution in [0, 0.1) is 0 Å². The Bertz CT molecular complexity index is 1590. The number of rotatable bonds is 20. The van der Waals surface area contributed by atoms with Gasteiger partial charge >= 0.3 is 5.97 Å². The summed E-state index contributed by atoms with van der Waals surface area (Å²) in [5, 5.41) is 10.6. The van der Waals surface area contributed by atoms with Crippen LogP contribution < -0.4 is 0 Å². The molecule has 5 aromatic rings. The van der Waals surface area contributed by atoms with E-state index in [-0.39, 0.29) is 33.0 Å². The number of carbonyl (C=O) groups is 1. The Morgan fingerprint density at radius 1 is 0.438 bits per heavy atom. The second kappa shape index (κ2) is 19.3. The largest absolute Gasteiger partial charge is 0.479 e. The van der Waals surface area contributed by atoms with Crippen LogP contribution in [0.25, 0.3) is 0 Å². The van der Waals surface area contributed by atoms with Crippen LogP contribution in [0.4, 0.5) is 0 Å². The van der Waals surface area contributed by atoms with E-state index in [1.54, 1.807) is 0 Å². The number of hydrogen-bond acceptors (Lipinski definition) is 6. The minimum Gasteiger partial charge on any atom is -0.479 e. The lowest BCUT2D eigenvalue weighted by Crippen LogP contribution is -2.53. The highest BCUT2D eigenvalue weighted by atomic mass is 16.6. The summed E-state index contributed by atoms with van der Waals surface area (Å²) in [7, 11) is 0. The van der Waals surface area contributed by atoms with Crippen molar-refractivity contribution in [3.8, 4) is 0 Å². The van der Waals surface area contributed by atoms with Gasteiger partial charge in [-0.3, -0.25) is 0 Å². The summed E-state index contributed by atoms with van der Waals surface area (Å²) in [6.45, 7) is 1.15. The van der Waals surface area contributed by atoms with Gasteiger partial charge < -0.3 is 28.8 Å². The number of hydrogen-bond donors (Lipinski definition) is 1. The van der Waals surface area contributed by atoms with Crippen LogP contribution in [0.15, 0.2) is 152 Å². The summed E-state index contributed by atoms with van der Waals surface area (Å²) in [6.07, 6.45) is -4.08. The van der Waals surface area contributed by atoms with Gasteiger partial charge in [0.05, 0.1) is 39.6 Å². The predicted octanol–water partition coefficient (Wildman–Crippen LogP) is 7.63. The molecule has 0 saturated carbocycles. The summed E-state index contributed by atoms with van der Waals surface area (Å²) >= 11 is 0. The van der Waals surface area contributed by atoms with E-state index in [0.29, 0.717) is 6.61 Å². The average molecular weight is 647 g/mol. The normalized spacial score (nSPS) is 13.8. The zero-order valence-electron chi connectivity index (χ0n) is 26.9. The van der Waals surface area contributed by atoms with Gasteiger partial charge in [0.15, 0.2) is 6.10 Å². The first-order valence-electron chi connectivity index (χ1n) is 16.1. The molecule has 0 heterocycles. The fraction of sp³-hybridized carbons (Fsp3) is 0.244. The lowest BCUT2D eigenvalue weighted by Gasteiger charge is -2.36. The van der Waals surface area contributed by atoms with Gasteiger partial charge in [-0.2, -0.15) is 0 Å². The molecule has 0 aliphatic heterocycles. The van der Waals surface area contributed by atoms with Crippen molar-refractivity contribution in [2.45, 2.75) is 57.5 Å². The third-order valence-electron chi connectivity index (χ3n) is 7.78. The Morgan fingerprint density at radius 3 is 1.17 bits per heavy atom. The van der Waals surface area contributed by atoms with Gasteiger partial charge in [-0.1, -0.05) is 152 Å². The Balaban J connectivity index is 1.48. The van der Waals surface area contributed by atoms with Gasteiger partial charge in [-0.15, -0.1) is 0 Å². The monoisotopic (exact) mass is 646 g/mol. The topological polar surface area (TPSA) is 83.5 Å². The molecule has 0 aromatic heterocycles. The molecule has 7 nitrogen and oxygen atoms in total. The van der Waals surface area contributed by atoms with Crippen molar-refractivity contribution in [1.82, 2.24) is 0 Å². The van der Waals surface area contributed by atoms with Crippen molar-refractivity contribution in [1.29, 1.82) is 0 Å². The first-order valence-corrected chi connectivity index (χ1v) is 16.1. The Hall–Kier alpha value is -4.63. The van der Waals surface area contributed by atoms with E-state index in [4.69, 9.17) is 23.7 Å². The molecule has 48 heavy (non-hydrogen) atoms. The van der Waals surface area contributed by atoms with Gasteiger partial charge in [0.2, 0.25) is 0 Å². The summed E-state index contributed by atoms with van der Waals surface area (Å²) < 4.78 is 32.1. The quantitative estimate of drug-likeness (QED) is 0.0931. The fourth-order valence-electron chi connectivity index (χ4n) is 5.25. The smallest absolute Gasteiger partial charge is 0.335 e. The molecule has 0 radical (unpaired) electrons. The van der Waals surface area contributed by atoms with Crippen molar-refractivity contribution in [2.75, 3.05) is 6.61 Å². The summed E-state index contributed by atoms with van der Waals surface area (Å²) in [6, 6.07) is 48.5. The van der Waals surface area contributed by atoms with Crippen molar-refractivity contribution in [3.63, 3.8) is 0 Å². The van der Waals surface area contributed by atoms with E-state index in [0.717, 1.165) is 27.8 Å². The number of carboxylic acid groups (broad SMARTS) is 1. The van der Waals surface area contributed by atoms with Crippen LogP contribution in [0.2, 0.25) is 0 Å². The second-order valence-corrected chi connectivity index (χ2v) is 11.4. The third-order valence-corrected chi connectivity index (χ3v) is 7.78. The molecule has 0 saturated heterocycles. The molecule has 5 aromatic carbocycles. The number of benzene rings is 5. The first-order chi connectivity index (χ1) is 23.7. The van der Waals surface area contributed by atoms with Crippen LogP contribution >= 0.6 is 0 Å². The summed E-state index contributed by atoms with van der Waals surface area (Å²) in [4.78, 5) is 13.0. The summed E-state index contributed by atoms with van der Waals surface area (Å²) in [5.41, 5.74) is 4.62. The standard InChI is InChI=1S/C41H42O7/c42-41(43)40(48-30-36-24-14-5-15-25-36)39(47-29-35-22-12-4-13-23-35)38(46-28-34-20-10-3-11-21-34)37(45-27-33-18-8-2-9-19-33)31-44-26-32-16-6-1-7-17-32/h1-25,37-40H,26-31H2,(H,42,43). The molecule has 1 N–H and O–H groups in total. The van der Waals surface area contributed by atoms with Gasteiger partial charge in [0.1, 0.15) is 18.3 Å². The molecule has 0 aliphatic rings. The molecule has 4 unspecified atom stereocenters. The highest BCUT2D eigenvalue weighted by Gasteiger charge is 2.42. The second-order valence-electron chi connectivity index (χ2n) is 11.4. The highest BCUT2D eigenvalue weighted by molar-refractivity contribution is 5.73. The predicted molar refractivity (Wildman–Crippen MR) is 184 cm³/mol. The molecule has 0 amide bonds. The minimum absolute atomic E-state index is 0.0778. The number of ether oxygens (including phenoxy) is 5. The molecule has 0 bridgehead atoms. The molecule has 0 fully saturated rings. The zero-order chi connectivity index (χ0) is 33.2. The zero-order valence-corrected chi connectivity index (χ0v) is 26.9. The van der Waals surface area contributed by atoms with E-state index in [2.05, 4.69) is 0 Å². The first kappa shape index (κ1) is 34.7. The van der Waals surface area contributed by atoms with Crippen molar-refractivity contribution in [3.05, 3.63) is 179 Å². The fourth-order valence-corrected chi connectivity index (χ4v) is 5.25. The SMILES string of the molecule is O=C(O)C(OCc1ccccc1)C(OCc1ccccc1)C(OCc1ccccc1)C(COCc1ccccc1)OCc1ccccc1. The minimum atomic E-state index is -1.38. The van der Waals surface area contributed by atoms with E-state index in [1.165, 1.54) is 0 Å². The lowest BCUT2D eigenvalue weighted by molar-refractivity contribution is -0.208. The van der Waals surface area contributed by atoms with Crippen molar-refractivity contribution >= 4 is 5.97 Å². The highest BCUT2D eigenvalue weighted by Crippen LogP contribution is 2.24. The van der Waals surface area contributed by atoms with Gasteiger partial charge in [0.25, 0.3) is 0 Å². The lowest BCUT2D eigenvalue weighted by atomic mass is 10.0. The van der Waals surface area contributed by atoms with Gasteiger partial charge in [-0.05, 0) is 27.8 Å².